The van der Waals surface area contributed by atoms with Gasteiger partial charge in [-0.2, -0.15) is 0 Å². The van der Waals surface area contributed by atoms with E-state index in [0.29, 0.717) is 19.3 Å². The van der Waals surface area contributed by atoms with Crippen molar-refractivity contribution in [1.29, 1.82) is 0 Å². The molecule has 0 bridgehead atoms. The molecule has 0 amide bonds. The van der Waals surface area contributed by atoms with Gasteiger partial charge in [0.05, 0.1) is 19.6 Å². The fourth-order valence-electron chi connectivity index (χ4n) is 1.65. The zero-order chi connectivity index (χ0) is 11.9. The van der Waals surface area contributed by atoms with Gasteiger partial charge < -0.3 is 9.47 Å². The summed E-state index contributed by atoms with van der Waals surface area (Å²) in [5, 5.41) is 0. The van der Waals surface area contributed by atoms with Crippen LogP contribution in [0.1, 0.15) is 39.5 Å². The number of carbonyl (C=O) groups excluding carboxylic acids is 2. The number of rotatable bonds is 6. The molecule has 15 heavy (non-hydrogen) atoms. The zero-order valence-electron chi connectivity index (χ0n) is 9.96. The fraction of sp³-hybridized carbons (Fsp3) is 0.818. The van der Waals surface area contributed by atoms with Crippen molar-refractivity contribution in [3.8, 4) is 0 Å². The van der Waals surface area contributed by atoms with E-state index in [2.05, 4.69) is 4.74 Å². The van der Waals surface area contributed by atoms with Crippen molar-refractivity contribution in [3.63, 3.8) is 0 Å². The number of hydrogen-bond donors (Lipinski definition) is 0. The molecule has 0 aromatic rings. The van der Waals surface area contributed by atoms with Crippen molar-refractivity contribution in [3.05, 3.63) is 0 Å². The van der Waals surface area contributed by atoms with Crippen LogP contribution in [0.15, 0.2) is 0 Å². The third-order valence-electron chi connectivity index (χ3n) is 3.01. The number of hydrogen-bond acceptors (Lipinski definition) is 4. The molecule has 0 radical (unpaired) electrons. The number of esters is 2. The highest BCUT2D eigenvalue weighted by atomic mass is 16.5. The van der Waals surface area contributed by atoms with Gasteiger partial charge in [0.2, 0.25) is 0 Å². The Morgan fingerprint density at radius 2 is 1.60 bits per heavy atom. The molecule has 0 aromatic heterocycles. The van der Waals surface area contributed by atoms with Gasteiger partial charge >= 0.3 is 11.9 Å². The van der Waals surface area contributed by atoms with Crippen molar-refractivity contribution in [2.75, 3.05) is 14.2 Å². The molecule has 88 valence electrons. The van der Waals surface area contributed by atoms with Crippen LogP contribution in [0.3, 0.4) is 0 Å². The lowest BCUT2D eigenvalue weighted by Gasteiger charge is -2.27. The van der Waals surface area contributed by atoms with E-state index in [-0.39, 0.29) is 18.4 Å². The van der Waals surface area contributed by atoms with Crippen LogP contribution in [0.2, 0.25) is 0 Å². The molecule has 4 heteroatoms. The van der Waals surface area contributed by atoms with Crippen LogP contribution >= 0.6 is 0 Å². The Bertz CT molecular complexity index is 219. The maximum Gasteiger partial charge on any atom is 0.311 e. The van der Waals surface area contributed by atoms with Gasteiger partial charge in [-0.25, -0.2) is 0 Å². The molecule has 0 aliphatic carbocycles. The Kier molecular flexibility index (Phi) is 5.97. The summed E-state index contributed by atoms with van der Waals surface area (Å²) in [6.07, 6.45) is 2.09. The van der Waals surface area contributed by atoms with Crippen LogP contribution in [0, 0.1) is 5.41 Å². The largest absolute Gasteiger partial charge is 0.469 e. The zero-order valence-corrected chi connectivity index (χ0v) is 9.96. The van der Waals surface area contributed by atoms with Crippen molar-refractivity contribution in [1.82, 2.24) is 0 Å². The first-order valence-corrected chi connectivity index (χ1v) is 5.21. The van der Waals surface area contributed by atoms with Crippen LogP contribution in [0.5, 0.6) is 0 Å². The van der Waals surface area contributed by atoms with Crippen molar-refractivity contribution in [2.45, 2.75) is 39.5 Å². The van der Waals surface area contributed by atoms with E-state index in [1.807, 2.05) is 13.8 Å². The Morgan fingerprint density at radius 3 is 1.93 bits per heavy atom. The summed E-state index contributed by atoms with van der Waals surface area (Å²) in [4.78, 5) is 22.6. The molecule has 0 aliphatic rings. The van der Waals surface area contributed by atoms with Gasteiger partial charge in [-0.15, -0.1) is 0 Å². The summed E-state index contributed by atoms with van der Waals surface area (Å²) in [7, 11) is 2.72. The standard InChI is InChI=1S/C11H20O4/c1-5-11(6-2,10(13)15-4)8-7-9(12)14-3/h5-8H2,1-4H3. The quantitative estimate of drug-likeness (QED) is 0.636. The smallest absolute Gasteiger partial charge is 0.311 e. The SMILES string of the molecule is CCC(CC)(CCC(=O)OC)C(=O)OC. The predicted molar refractivity (Wildman–Crippen MR) is 56.3 cm³/mol. The molecule has 0 atom stereocenters. The topological polar surface area (TPSA) is 52.6 Å². The highest BCUT2D eigenvalue weighted by molar-refractivity contribution is 5.78. The average molecular weight is 216 g/mol. The molecule has 0 saturated heterocycles. The highest BCUT2D eigenvalue weighted by Gasteiger charge is 2.36. The molecule has 0 rings (SSSR count). The molecule has 0 N–H and O–H groups in total. The lowest BCUT2D eigenvalue weighted by atomic mass is 9.78. The highest BCUT2D eigenvalue weighted by Crippen LogP contribution is 2.33. The number of ether oxygens (including phenoxy) is 2. The molecular weight excluding hydrogens is 196 g/mol. The normalized spacial score (nSPS) is 10.9. The molecule has 0 unspecified atom stereocenters. The monoisotopic (exact) mass is 216 g/mol. The first-order valence-electron chi connectivity index (χ1n) is 5.21. The van der Waals surface area contributed by atoms with Crippen LogP contribution < -0.4 is 0 Å². The summed E-state index contributed by atoms with van der Waals surface area (Å²) in [6.45, 7) is 3.86. The molecular formula is C11H20O4. The van der Waals surface area contributed by atoms with Crippen molar-refractivity contribution < 1.29 is 19.1 Å². The molecule has 4 nitrogen and oxygen atoms in total. The second kappa shape index (κ2) is 6.43. The number of carbonyl (C=O) groups is 2. The summed E-state index contributed by atoms with van der Waals surface area (Å²) >= 11 is 0. The maximum absolute atomic E-state index is 11.6. The van der Waals surface area contributed by atoms with Crippen LogP contribution in [-0.4, -0.2) is 26.2 Å². The summed E-state index contributed by atoms with van der Waals surface area (Å²) in [5.41, 5.74) is -0.539. The summed E-state index contributed by atoms with van der Waals surface area (Å²) in [5.74, 6) is -0.526. The Morgan fingerprint density at radius 1 is 1.07 bits per heavy atom. The lowest BCUT2D eigenvalue weighted by Crippen LogP contribution is -2.32. The van der Waals surface area contributed by atoms with Gasteiger partial charge in [0.1, 0.15) is 0 Å². The Balaban J connectivity index is 4.50. The van der Waals surface area contributed by atoms with Gasteiger partial charge in [0.25, 0.3) is 0 Å². The van der Waals surface area contributed by atoms with E-state index in [9.17, 15) is 9.59 Å². The van der Waals surface area contributed by atoms with E-state index in [1.54, 1.807) is 0 Å². The van der Waals surface area contributed by atoms with E-state index in [4.69, 9.17) is 4.74 Å². The van der Waals surface area contributed by atoms with Crippen LogP contribution in [0.4, 0.5) is 0 Å². The predicted octanol–water partition coefficient (Wildman–Crippen LogP) is 1.92. The van der Waals surface area contributed by atoms with Gasteiger partial charge in [-0.1, -0.05) is 13.8 Å². The molecule has 0 spiro atoms. The second-order valence-electron chi connectivity index (χ2n) is 3.56. The lowest BCUT2D eigenvalue weighted by molar-refractivity contribution is -0.154. The Hall–Kier alpha value is -1.06. The van der Waals surface area contributed by atoms with Crippen molar-refractivity contribution in [2.24, 2.45) is 5.41 Å². The molecule has 0 saturated carbocycles. The Labute approximate surface area is 90.9 Å². The molecule has 0 fully saturated rings. The first-order chi connectivity index (χ1) is 7.06. The van der Waals surface area contributed by atoms with E-state index >= 15 is 0 Å². The second-order valence-corrected chi connectivity index (χ2v) is 3.56. The first kappa shape index (κ1) is 13.9. The van der Waals surface area contributed by atoms with Crippen LogP contribution in [-0.2, 0) is 19.1 Å². The maximum atomic E-state index is 11.6. The average Bonchev–Trinajstić information content (AvgIpc) is 2.29. The third kappa shape index (κ3) is 3.53. The molecule has 0 heterocycles. The van der Waals surface area contributed by atoms with Crippen LogP contribution in [0.25, 0.3) is 0 Å². The summed E-state index contributed by atoms with van der Waals surface area (Å²) in [6, 6.07) is 0. The van der Waals surface area contributed by atoms with Gasteiger partial charge in [-0.05, 0) is 19.3 Å². The molecule has 0 aromatic carbocycles. The van der Waals surface area contributed by atoms with E-state index in [1.165, 1.54) is 14.2 Å². The van der Waals surface area contributed by atoms with E-state index < -0.39 is 5.41 Å². The minimum Gasteiger partial charge on any atom is -0.469 e. The van der Waals surface area contributed by atoms with Gasteiger partial charge in [0, 0.05) is 6.42 Å². The molecule has 0 aliphatic heterocycles. The summed E-state index contributed by atoms with van der Waals surface area (Å²) < 4.78 is 9.33. The van der Waals surface area contributed by atoms with E-state index in [0.717, 1.165) is 0 Å². The van der Waals surface area contributed by atoms with Crippen molar-refractivity contribution >= 4 is 11.9 Å². The number of methoxy groups -OCH3 is 2. The van der Waals surface area contributed by atoms with Gasteiger partial charge in [0.15, 0.2) is 0 Å². The minimum atomic E-state index is -0.539. The van der Waals surface area contributed by atoms with Gasteiger partial charge in [-0.3, -0.25) is 9.59 Å². The third-order valence-corrected chi connectivity index (χ3v) is 3.01. The minimum absolute atomic E-state index is 0.239. The fourth-order valence-corrected chi connectivity index (χ4v) is 1.65.